The van der Waals surface area contributed by atoms with E-state index in [0.717, 1.165) is 26.5 Å². The first-order valence-electron chi connectivity index (χ1n) is 8.07. The normalized spacial score (nSPS) is 11.6. The van der Waals surface area contributed by atoms with Gasteiger partial charge < -0.3 is 5.32 Å². The van der Waals surface area contributed by atoms with Crippen LogP contribution >= 0.6 is 15.9 Å². The number of nitrogens with zero attached hydrogens (tertiary/aromatic N) is 1. The van der Waals surface area contributed by atoms with E-state index >= 15 is 0 Å². The molecule has 140 valence electrons. The number of nitrogens with one attached hydrogen (secondary N) is 1. The molecule has 0 fully saturated rings. The minimum atomic E-state index is -4.00. The Morgan fingerprint density at radius 1 is 1.15 bits per heavy atom. The van der Waals surface area contributed by atoms with E-state index in [1.54, 1.807) is 26.0 Å². The summed E-state index contributed by atoms with van der Waals surface area (Å²) in [6, 6.07) is 8.63. The minimum absolute atomic E-state index is 0.0637. The summed E-state index contributed by atoms with van der Waals surface area (Å²) in [7, 11) is -4.00. The Bertz CT molecular complexity index is 928. The lowest BCUT2D eigenvalue weighted by Crippen LogP contribution is -2.31. The van der Waals surface area contributed by atoms with Crippen molar-refractivity contribution >= 4 is 37.5 Å². The molecule has 0 aliphatic carbocycles. The zero-order chi connectivity index (χ0) is 19.5. The van der Waals surface area contributed by atoms with Crippen molar-refractivity contribution in [2.75, 3.05) is 18.4 Å². The van der Waals surface area contributed by atoms with Crippen LogP contribution in [0.4, 0.5) is 10.1 Å². The first-order chi connectivity index (χ1) is 12.2. The summed E-state index contributed by atoms with van der Waals surface area (Å²) >= 11 is 3.39. The minimum Gasteiger partial charge on any atom is -0.322 e. The van der Waals surface area contributed by atoms with Crippen LogP contribution in [-0.4, -0.2) is 31.7 Å². The maximum Gasteiger partial charge on any atom is 0.255 e. The number of carbonyl (C=O) groups is 1. The van der Waals surface area contributed by atoms with E-state index in [0.29, 0.717) is 5.69 Å². The van der Waals surface area contributed by atoms with Crippen LogP contribution < -0.4 is 5.32 Å². The highest BCUT2D eigenvalue weighted by atomic mass is 79.9. The highest BCUT2D eigenvalue weighted by molar-refractivity contribution is 9.10. The fraction of sp³-hybridized carbons (Fsp3) is 0.278. The predicted octanol–water partition coefficient (Wildman–Crippen LogP) is 4.18. The van der Waals surface area contributed by atoms with Crippen molar-refractivity contribution in [3.63, 3.8) is 0 Å². The molecule has 1 amide bonds. The average molecular weight is 443 g/mol. The van der Waals surface area contributed by atoms with Gasteiger partial charge in [0.25, 0.3) is 5.91 Å². The molecule has 2 rings (SSSR count). The Hall–Kier alpha value is -1.77. The number of aryl methyl sites for hydroxylation is 1. The van der Waals surface area contributed by atoms with Crippen molar-refractivity contribution in [2.45, 2.75) is 25.7 Å². The van der Waals surface area contributed by atoms with Gasteiger partial charge in [0.05, 0.1) is 0 Å². The van der Waals surface area contributed by atoms with Crippen LogP contribution in [0.5, 0.6) is 0 Å². The third-order valence-corrected chi connectivity index (χ3v) is 6.87. The average Bonchev–Trinajstić information content (AvgIpc) is 2.59. The van der Waals surface area contributed by atoms with Crippen LogP contribution in [0.3, 0.4) is 0 Å². The van der Waals surface area contributed by atoms with Crippen LogP contribution in [-0.2, 0) is 10.0 Å². The van der Waals surface area contributed by atoms with Gasteiger partial charge in [-0.3, -0.25) is 4.79 Å². The second-order valence-corrected chi connectivity index (χ2v) is 8.41. The van der Waals surface area contributed by atoms with E-state index in [2.05, 4.69) is 21.2 Å². The lowest BCUT2D eigenvalue weighted by Gasteiger charge is -2.19. The summed E-state index contributed by atoms with van der Waals surface area (Å²) in [6.45, 7) is 5.69. The third kappa shape index (κ3) is 4.31. The molecule has 1 N–H and O–H groups in total. The second-order valence-electron chi connectivity index (χ2n) is 5.65. The number of carbonyl (C=O) groups excluding carboxylic acids is 1. The third-order valence-electron chi connectivity index (χ3n) is 3.95. The van der Waals surface area contributed by atoms with Crippen molar-refractivity contribution in [3.05, 3.63) is 57.8 Å². The molecule has 5 nitrogen and oxygen atoms in total. The van der Waals surface area contributed by atoms with E-state index in [1.165, 1.54) is 6.07 Å². The number of anilines is 1. The largest absolute Gasteiger partial charge is 0.322 e. The molecule has 8 heteroatoms. The van der Waals surface area contributed by atoms with E-state index < -0.39 is 26.6 Å². The molecule has 0 spiro atoms. The summed E-state index contributed by atoms with van der Waals surface area (Å²) in [5.74, 6) is -1.40. The number of hydrogen-bond acceptors (Lipinski definition) is 3. The molecule has 0 aliphatic heterocycles. The maximum atomic E-state index is 14.1. The van der Waals surface area contributed by atoms with Gasteiger partial charge in [-0.25, -0.2) is 12.8 Å². The summed E-state index contributed by atoms with van der Waals surface area (Å²) in [6.07, 6.45) is 0. The molecule has 0 atom stereocenters. The van der Waals surface area contributed by atoms with Crippen molar-refractivity contribution in [2.24, 2.45) is 0 Å². The molecule has 0 aromatic heterocycles. The fourth-order valence-corrected chi connectivity index (χ4v) is 4.35. The quantitative estimate of drug-likeness (QED) is 0.729. The molecule has 0 bridgehead atoms. The zero-order valence-electron chi connectivity index (χ0n) is 14.7. The number of benzene rings is 2. The molecule has 0 unspecified atom stereocenters. The Morgan fingerprint density at radius 3 is 2.38 bits per heavy atom. The van der Waals surface area contributed by atoms with Crippen molar-refractivity contribution in [3.8, 4) is 0 Å². The Labute approximate surface area is 161 Å². The van der Waals surface area contributed by atoms with Gasteiger partial charge in [-0.1, -0.05) is 35.8 Å². The van der Waals surface area contributed by atoms with Gasteiger partial charge in [0.2, 0.25) is 10.0 Å². The van der Waals surface area contributed by atoms with E-state index in [4.69, 9.17) is 0 Å². The molecule has 0 radical (unpaired) electrons. The first-order valence-corrected chi connectivity index (χ1v) is 10.3. The van der Waals surface area contributed by atoms with Gasteiger partial charge in [0.15, 0.2) is 0 Å². The number of hydrogen-bond donors (Lipinski definition) is 1. The van der Waals surface area contributed by atoms with Gasteiger partial charge in [-0.15, -0.1) is 0 Å². The highest BCUT2D eigenvalue weighted by Gasteiger charge is 2.26. The van der Waals surface area contributed by atoms with Gasteiger partial charge in [-0.05, 0) is 42.8 Å². The predicted molar refractivity (Wildman–Crippen MR) is 103 cm³/mol. The number of amides is 1. The lowest BCUT2D eigenvalue weighted by atomic mass is 10.2. The van der Waals surface area contributed by atoms with Crippen LogP contribution in [0.15, 0.2) is 45.8 Å². The fourth-order valence-electron chi connectivity index (χ4n) is 2.42. The molecule has 0 heterocycles. The summed E-state index contributed by atoms with van der Waals surface area (Å²) < 4.78 is 41.3. The van der Waals surface area contributed by atoms with E-state index in [-0.39, 0.29) is 18.7 Å². The van der Waals surface area contributed by atoms with Gasteiger partial charge >= 0.3 is 0 Å². The number of sulfonamides is 1. The Morgan fingerprint density at radius 2 is 1.81 bits per heavy atom. The summed E-state index contributed by atoms with van der Waals surface area (Å²) in [4.78, 5) is 12.0. The standard InChI is InChI=1S/C18H20BrFN2O3S/c1-4-22(5-2)26(24,25)17-10-13(7-9-16(17)20)18(23)21-14-8-6-12(3)15(19)11-14/h6-11H,4-5H2,1-3H3,(H,21,23). The van der Waals surface area contributed by atoms with Crippen LogP contribution in [0.1, 0.15) is 29.8 Å². The van der Waals surface area contributed by atoms with Crippen LogP contribution in [0.25, 0.3) is 0 Å². The monoisotopic (exact) mass is 442 g/mol. The molecule has 26 heavy (non-hydrogen) atoms. The molecular formula is C18H20BrFN2O3S. The first kappa shape index (κ1) is 20.5. The highest BCUT2D eigenvalue weighted by Crippen LogP contribution is 2.23. The van der Waals surface area contributed by atoms with Crippen LogP contribution in [0, 0.1) is 12.7 Å². The van der Waals surface area contributed by atoms with Gasteiger partial charge in [0, 0.05) is 28.8 Å². The molecule has 0 saturated carbocycles. The smallest absolute Gasteiger partial charge is 0.255 e. The summed E-state index contributed by atoms with van der Waals surface area (Å²) in [5, 5.41) is 2.68. The molecular weight excluding hydrogens is 423 g/mol. The summed E-state index contributed by atoms with van der Waals surface area (Å²) in [5.41, 5.74) is 1.62. The molecule has 2 aromatic carbocycles. The molecule has 0 saturated heterocycles. The van der Waals surface area contributed by atoms with Crippen molar-refractivity contribution in [1.29, 1.82) is 0 Å². The van der Waals surface area contributed by atoms with E-state index in [1.807, 2.05) is 13.0 Å². The molecule has 2 aromatic rings. The Balaban J connectivity index is 2.36. The number of halogens is 2. The van der Waals surface area contributed by atoms with E-state index in [9.17, 15) is 17.6 Å². The SMILES string of the molecule is CCN(CC)S(=O)(=O)c1cc(C(=O)Nc2ccc(C)c(Br)c2)ccc1F. The van der Waals surface area contributed by atoms with Crippen molar-refractivity contribution in [1.82, 2.24) is 4.31 Å². The lowest BCUT2D eigenvalue weighted by molar-refractivity contribution is 0.102. The van der Waals surface area contributed by atoms with Crippen LogP contribution in [0.2, 0.25) is 0 Å². The topological polar surface area (TPSA) is 66.5 Å². The molecule has 0 aliphatic rings. The van der Waals surface area contributed by atoms with Gasteiger partial charge in [0.1, 0.15) is 10.7 Å². The van der Waals surface area contributed by atoms with Crippen molar-refractivity contribution < 1.29 is 17.6 Å². The second kappa shape index (κ2) is 8.28. The Kier molecular flexibility index (Phi) is 6.54. The van der Waals surface area contributed by atoms with Gasteiger partial charge in [-0.2, -0.15) is 4.31 Å². The zero-order valence-corrected chi connectivity index (χ0v) is 17.1. The number of rotatable bonds is 6. The maximum absolute atomic E-state index is 14.1.